The van der Waals surface area contributed by atoms with E-state index in [1.54, 1.807) is 0 Å². The molecule has 0 aliphatic carbocycles. The Hall–Kier alpha value is -2.96. The highest BCUT2D eigenvalue weighted by Crippen LogP contribution is 2.29. The normalized spacial score (nSPS) is 10.7. The summed E-state index contributed by atoms with van der Waals surface area (Å²) in [5.41, 5.74) is 0.682. The molecular weight excluding hydrogens is 265 g/mol. The molecule has 0 saturated heterocycles. The fourth-order valence-electron chi connectivity index (χ4n) is 1.66. The predicted octanol–water partition coefficient (Wildman–Crippen LogP) is 2.35. The Morgan fingerprint density at radius 1 is 1.10 bits per heavy atom. The van der Waals surface area contributed by atoms with E-state index in [-0.39, 0.29) is 17.5 Å². The number of nitrogens with zero attached hydrogens (tertiary/aromatic N) is 3. The number of hydrogen-bond acceptors (Lipinski definition) is 6. The van der Waals surface area contributed by atoms with Gasteiger partial charge in [-0.2, -0.15) is 4.98 Å². The zero-order valence-electron chi connectivity index (χ0n) is 9.99. The molecule has 3 rings (SSSR count). The summed E-state index contributed by atoms with van der Waals surface area (Å²) in [5, 5.41) is 22.5. The molecule has 7 heteroatoms. The maximum Gasteiger partial charge on any atom is 0.262 e. The first kappa shape index (κ1) is 12.1. The zero-order chi connectivity index (χ0) is 14.1. The minimum Gasteiger partial charge on any atom is -0.505 e. The quantitative estimate of drug-likeness (QED) is 0.744. The van der Waals surface area contributed by atoms with Crippen LogP contribution in [0.1, 0.15) is 0 Å². The van der Waals surface area contributed by atoms with E-state index < -0.39 is 11.6 Å². The van der Waals surface area contributed by atoms with E-state index in [2.05, 4.69) is 15.1 Å². The summed E-state index contributed by atoms with van der Waals surface area (Å²) >= 11 is 0. The Labute approximate surface area is 112 Å². The second-order valence-corrected chi connectivity index (χ2v) is 3.98. The van der Waals surface area contributed by atoms with Crippen molar-refractivity contribution in [3.8, 4) is 34.3 Å². The smallest absolute Gasteiger partial charge is 0.262 e. The molecule has 0 aliphatic heterocycles. The van der Waals surface area contributed by atoms with Crippen molar-refractivity contribution in [2.75, 3.05) is 0 Å². The van der Waals surface area contributed by atoms with Crippen molar-refractivity contribution in [2.24, 2.45) is 0 Å². The minimum atomic E-state index is -0.777. The van der Waals surface area contributed by atoms with Gasteiger partial charge in [-0.05, 0) is 24.3 Å². The van der Waals surface area contributed by atoms with Crippen LogP contribution >= 0.6 is 0 Å². The molecule has 0 spiro atoms. The van der Waals surface area contributed by atoms with Crippen molar-refractivity contribution in [1.82, 2.24) is 15.1 Å². The van der Waals surface area contributed by atoms with Crippen LogP contribution in [0.2, 0.25) is 0 Å². The number of benzene rings is 1. The number of phenolic OH excluding ortho intramolecular Hbond substituents is 1. The largest absolute Gasteiger partial charge is 0.505 e. The third kappa shape index (κ3) is 2.05. The number of hydrogen-bond donors (Lipinski definition) is 2. The van der Waals surface area contributed by atoms with E-state index in [1.807, 2.05) is 0 Å². The van der Waals surface area contributed by atoms with E-state index in [0.717, 1.165) is 6.07 Å². The lowest BCUT2D eigenvalue weighted by Gasteiger charge is -1.97. The van der Waals surface area contributed by atoms with Gasteiger partial charge in [-0.3, -0.25) is 4.98 Å². The molecule has 0 bridgehead atoms. The molecule has 20 heavy (non-hydrogen) atoms. The van der Waals surface area contributed by atoms with E-state index in [4.69, 9.17) is 9.63 Å². The molecule has 6 nitrogen and oxygen atoms in total. The van der Waals surface area contributed by atoms with Crippen LogP contribution in [0, 0.1) is 5.82 Å². The molecular formula is C13H8FN3O3. The third-order valence-electron chi connectivity index (χ3n) is 2.66. The Kier molecular flexibility index (Phi) is 2.79. The average Bonchev–Trinajstić information content (AvgIpc) is 2.92. The molecule has 0 amide bonds. The van der Waals surface area contributed by atoms with Gasteiger partial charge in [0.15, 0.2) is 11.6 Å². The molecule has 100 valence electrons. The van der Waals surface area contributed by atoms with Gasteiger partial charge in [-0.15, -0.1) is 0 Å². The number of phenols is 1. The highest BCUT2D eigenvalue weighted by Gasteiger charge is 2.14. The van der Waals surface area contributed by atoms with Crippen LogP contribution in [-0.2, 0) is 0 Å². The maximum atomic E-state index is 13.3. The van der Waals surface area contributed by atoms with Crippen LogP contribution in [0.15, 0.2) is 41.2 Å². The van der Waals surface area contributed by atoms with Crippen LogP contribution in [0.5, 0.6) is 11.5 Å². The van der Waals surface area contributed by atoms with Crippen LogP contribution in [0.3, 0.4) is 0 Å². The van der Waals surface area contributed by atoms with Gasteiger partial charge in [0.1, 0.15) is 5.75 Å². The van der Waals surface area contributed by atoms with Gasteiger partial charge < -0.3 is 14.7 Å². The van der Waals surface area contributed by atoms with E-state index in [1.165, 1.54) is 30.6 Å². The molecule has 0 unspecified atom stereocenters. The molecule has 1 aromatic carbocycles. The monoisotopic (exact) mass is 273 g/mol. The van der Waals surface area contributed by atoms with Crippen molar-refractivity contribution >= 4 is 0 Å². The molecule has 0 aliphatic rings. The number of aromatic nitrogens is 3. The first-order chi connectivity index (χ1) is 9.65. The summed E-state index contributed by atoms with van der Waals surface area (Å²) < 4.78 is 18.3. The molecule has 0 atom stereocenters. The second kappa shape index (κ2) is 4.61. The molecule has 2 heterocycles. The number of rotatable bonds is 2. The van der Waals surface area contributed by atoms with Gasteiger partial charge in [0, 0.05) is 11.8 Å². The Morgan fingerprint density at radius 3 is 2.70 bits per heavy atom. The van der Waals surface area contributed by atoms with Crippen LogP contribution in [0.25, 0.3) is 22.8 Å². The summed E-state index contributed by atoms with van der Waals surface area (Å²) in [6, 6.07) is 5.27. The standard InChI is InChI=1S/C13H8FN3O3/c14-9-5-7(1-2-10(9)18)12-16-13(20-17-12)8-3-4-15-6-11(8)19/h1-6,18-19H. The molecule has 2 N–H and O–H groups in total. The van der Waals surface area contributed by atoms with Crippen molar-refractivity contribution < 1.29 is 19.1 Å². The van der Waals surface area contributed by atoms with Crippen molar-refractivity contribution in [3.05, 3.63) is 42.5 Å². The summed E-state index contributed by atoms with van der Waals surface area (Å²) in [5.74, 6) is -1.09. The summed E-state index contributed by atoms with van der Waals surface area (Å²) in [6.45, 7) is 0. The van der Waals surface area contributed by atoms with E-state index in [0.29, 0.717) is 11.1 Å². The van der Waals surface area contributed by atoms with Gasteiger partial charge in [-0.25, -0.2) is 4.39 Å². The van der Waals surface area contributed by atoms with Crippen molar-refractivity contribution in [3.63, 3.8) is 0 Å². The zero-order valence-corrected chi connectivity index (χ0v) is 9.99. The molecule has 0 fully saturated rings. The van der Waals surface area contributed by atoms with Crippen LogP contribution < -0.4 is 0 Å². The fourth-order valence-corrected chi connectivity index (χ4v) is 1.66. The highest BCUT2D eigenvalue weighted by atomic mass is 19.1. The number of halogens is 1. The first-order valence-corrected chi connectivity index (χ1v) is 5.61. The SMILES string of the molecule is Oc1ccc(-c2noc(-c3ccncc3O)n2)cc1F. The van der Waals surface area contributed by atoms with Crippen molar-refractivity contribution in [2.45, 2.75) is 0 Å². The Balaban J connectivity index is 2.02. The van der Waals surface area contributed by atoms with Gasteiger partial charge in [0.05, 0.1) is 11.8 Å². The van der Waals surface area contributed by atoms with Crippen LogP contribution in [-0.4, -0.2) is 25.3 Å². The lowest BCUT2D eigenvalue weighted by molar-refractivity contribution is 0.424. The van der Waals surface area contributed by atoms with Gasteiger partial charge in [0.25, 0.3) is 5.89 Å². The summed E-state index contributed by atoms with van der Waals surface area (Å²) in [4.78, 5) is 7.81. The molecule has 3 aromatic rings. The fraction of sp³-hybridized carbons (Fsp3) is 0. The lowest BCUT2D eigenvalue weighted by Crippen LogP contribution is -1.84. The van der Waals surface area contributed by atoms with Crippen LogP contribution in [0.4, 0.5) is 4.39 Å². The first-order valence-electron chi connectivity index (χ1n) is 5.61. The molecule has 0 saturated carbocycles. The average molecular weight is 273 g/mol. The van der Waals surface area contributed by atoms with Crippen molar-refractivity contribution in [1.29, 1.82) is 0 Å². The lowest BCUT2D eigenvalue weighted by atomic mass is 10.2. The predicted molar refractivity (Wildman–Crippen MR) is 66.3 cm³/mol. The Morgan fingerprint density at radius 2 is 1.95 bits per heavy atom. The van der Waals surface area contributed by atoms with E-state index in [9.17, 15) is 9.50 Å². The number of pyridine rings is 1. The van der Waals surface area contributed by atoms with E-state index >= 15 is 0 Å². The van der Waals surface area contributed by atoms with Gasteiger partial charge in [-0.1, -0.05) is 5.16 Å². The third-order valence-corrected chi connectivity index (χ3v) is 2.66. The maximum absolute atomic E-state index is 13.3. The summed E-state index contributed by atoms with van der Waals surface area (Å²) in [7, 11) is 0. The topological polar surface area (TPSA) is 92.3 Å². The summed E-state index contributed by atoms with van der Waals surface area (Å²) in [6.07, 6.45) is 2.72. The molecule has 0 radical (unpaired) electrons. The van der Waals surface area contributed by atoms with Gasteiger partial charge >= 0.3 is 0 Å². The second-order valence-electron chi connectivity index (χ2n) is 3.98. The molecule has 2 aromatic heterocycles. The van der Waals surface area contributed by atoms with Gasteiger partial charge in [0.2, 0.25) is 5.82 Å². The Bertz CT molecular complexity index is 773. The minimum absolute atomic E-state index is 0.0911. The highest BCUT2D eigenvalue weighted by molar-refractivity contribution is 5.64. The number of aromatic hydroxyl groups is 2.